The van der Waals surface area contributed by atoms with E-state index < -0.39 is 0 Å². The molecule has 0 saturated carbocycles. The Labute approximate surface area is 60.9 Å². The van der Waals surface area contributed by atoms with Crippen LogP contribution in [0.25, 0.3) is 0 Å². The summed E-state index contributed by atoms with van der Waals surface area (Å²) in [7, 11) is 0. The fourth-order valence-electron chi connectivity index (χ4n) is 1.04. The maximum absolute atomic E-state index is 10.6. The van der Waals surface area contributed by atoms with Crippen LogP contribution >= 0.6 is 0 Å². The highest BCUT2D eigenvalue weighted by atomic mass is 16.5. The third-order valence-electron chi connectivity index (χ3n) is 1.60. The van der Waals surface area contributed by atoms with Crippen LogP contribution in [0.3, 0.4) is 0 Å². The minimum Gasteiger partial charge on any atom is -0.462 e. The first-order chi connectivity index (χ1) is 4.83. The second-order valence-corrected chi connectivity index (χ2v) is 2.46. The molecule has 1 atom stereocenters. The number of esters is 1. The highest BCUT2D eigenvalue weighted by Crippen LogP contribution is 2.16. The van der Waals surface area contributed by atoms with Gasteiger partial charge in [-0.05, 0) is 13.3 Å². The minimum atomic E-state index is -0.0468. The van der Waals surface area contributed by atoms with Gasteiger partial charge in [-0.1, -0.05) is 12.2 Å². The van der Waals surface area contributed by atoms with Crippen molar-refractivity contribution in [1.29, 1.82) is 0 Å². The molecule has 56 valence electrons. The molecule has 1 unspecified atom stereocenters. The summed E-state index contributed by atoms with van der Waals surface area (Å²) in [5, 5.41) is 0. The van der Waals surface area contributed by atoms with Crippen molar-refractivity contribution in [1.82, 2.24) is 0 Å². The zero-order valence-corrected chi connectivity index (χ0v) is 6.17. The monoisotopic (exact) mass is 140 g/mol. The van der Waals surface area contributed by atoms with Crippen molar-refractivity contribution in [2.24, 2.45) is 0 Å². The largest absolute Gasteiger partial charge is 0.462 e. The Balaban J connectivity index is 2.24. The van der Waals surface area contributed by atoms with E-state index in [9.17, 15) is 4.79 Å². The molecule has 2 nitrogen and oxygen atoms in total. The predicted molar refractivity (Wildman–Crippen MR) is 38.5 cm³/mol. The van der Waals surface area contributed by atoms with E-state index in [1.54, 1.807) is 0 Å². The molecular weight excluding hydrogens is 128 g/mol. The van der Waals surface area contributed by atoms with Crippen LogP contribution in [-0.2, 0) is 9.53 Å². The first kappa shape index (κ1) is 7.32. The highest BCUT2D eigenvalue weighted by Gasteiger charge is 2.21. The van der Waals surface area contributed by atoms with Gasteiger partial charge in [0.2, 0.25) is 0 Å². The van der Waals surface area contributed by atoms with E-state index in [2.05, 4.69) is 0 Å². The van der Waals surface area contributed by atoms with E-state index in [0.717, 1.165) is 12.8 Å². The van der Waals surface area contributed by atoms with Crippen LogP contribution in [0, 0.1) is 0 Å². The Morgan fingerprint density at radius 1 is 1.80 bits per heavy atom. The number of carbonyl (C=O) groups excluding carboxylic acids is 1. The molecule has 0 bridgehead atoms. The maximum Gasteiger partial charge on any atom is 0.306 e. The van der Waals surface area contributed by atoms with Crippen molar-refractivity contribution in [2.75, 3.05) is 0 Å². The second kappa shape index (κ2) is 3.40. The van der Waals surface area contributed by atoms with E-state index >= 15 is 0 Å². The fraction of sp³-hybridized carbons (Fsp3) is 0.625. The van der Waals surface area contributed by atoms with Gasteiger partial charge in [0.25, 0.3) is 0 Å². The molecule has 0 aromatic rings. The van der Waals surface area contributed by atoms with Gasteiger partial charge in [-0.3, -0.25) is 4.79 Å². The van der Waals surface area contributed by atoms with Gasteiger partial charge in [-0.2, -0.15) is 0 Å². The van der Waals surface area contributed by atoms with Gasteiger partial charge in [0.1, 0.15) is 6.10 Å². The third-order valence-corrected chi connectivity index (χ3v) is 1.60. The van der Waals surface area contributed by atoms with Gasteiger partial charge >= 0.3 is 5.97 Å². The molecule has 10 heavy (non-hydrogen) atoms. The smallest absolute Gasteiger partial charge is 0.306 e. The Bertz CT molecular complexity index is 149. The molecule has 0 aromatic heterocycles. The van der Waals surface area contributed by atoms with E-state index in [1.807, 2.05) is 19.1 Å². The Hall–Kier alpha value is -0.790. The summed E-state index contributed by atoms with van der Waals surface area (Å²) in [5.41, 5.74) is 0. The SMILES string of the molecule is CC=CCC1CCC(=O)O1. The normalized spacial score (nSPS) is 25.7. The molecule has 1 heterocycles. The van der Waals surface area contributed by atoms with Gasteiger partial charge in [-0.15, -0.1) is 0 Å². The van der Waals surface area contributed by atoms with Gasteiger partial charge in [0.15, 0.2) is 0 Å². The first-order valence-electron chi connectivity index (χ1n) is 3.63. The Morgan fingerprint density at radius 2 is 2.60 bits per heavy atom. The van der Waals surface area contributed by atoms with Gasteiger partial charge in [0, 0.05) is 12.8 Å². The third kappa shape index (κ3) is 1.87. The van der Waals surface area contributed by atoms with Crippen LogP contribution in [0.1, 0.15) is 26.2 Å². The van der Waals surface area contributed by atoms with Crippen LogP contribution < -0.4 is 0 Å². The lowest BCUT2D eigenvalue weighted by atomic mass is 10.2. The van der Waals surface area contributed by atoms with Crippen molar-refractivity contribution in [3.05, 3.63) is 12.2 Å². The summed E-state index contributed by atoms with van der Waals surface area (Å²) in [6.07, 6.45) is 6.53. The molecule has 0 spiro atoms. The molecule has 0 radical (unpaired) electrons. The lowest BCUT2D eigenvalue weighted by Crippen LogP contribution is -2.04. The quantitative estimate of drug-likeness (QED) is 0.430. The molecular formula is C8H12O2. The summed E-state index contributed by atoms with van der Waals surface area (Å²) in [6, 6.07) is 0. The molecule has 1 rings (SSSR count). The van der Waals surface area contributed by atoms with Crippen LogP contribution in [0.2, 0.25) is 0 Å². The number of rotatable bonds is 2. The number of ether oxygens (including phenoxy) is 1. The molecule has 0 aliphatic carbocycles. The van der Waals surface area contributed by atoms with E-state index in [-0.39, 0.29) is 12.1 Å². The number of hydrogen-bond acceptors (Lipinski definition) is 2. The van der Waals surface area contributed by atoms with Gasteiger partial charge in [-0.25, -0.2) is 0 Å². The summed E-state index contributed by atoms with van der Waals surface area (Å²) in [5.74, 6) is -0.0468. The summed E-state index contributed by atoms with van der Waals surface area (Å²) >= 11 is 0. The first-order valence-corrected chi connectivity index (χ1v) is 3.63. The molecule has 0 amide bonds. The van der Waals surface area contributed by atoms with Crippen molar-refractivity contribution < 1.29 is 9.53 Å². The van der Waals surface area contributed by atoms with E-state index in [0.29, 0.717) is 6.42 Å². The average Bonchev–Trinajstić information content (AvgIpc) is 2.31. The summed E-state index contributed by atoms with van der Waals surface area (Å²) < 4.78 is 4.97. The van der Waals surface area contributed by atoms with Crippen LogP contribution in [-0.4, -0.2) is 12.1 Å². The van der Waals surface area contributed by atoms with Crippen LogP contribution in [0.15, 0.2) is 12.2 Å². The van der Waals surface area contributed by atoms with Gasteiger partial charge in [0.05, 0.1) is 0 Å². The molecule has 1 aliphatic heterocycles. The minimum absolute atomic E-state index is 0.0468. The molecule has 1 aliphatic rings. The lowest BCUT2D eigenvalue weighted by Gasteiger charge is -2.03. The zero-order chi connectivity index (χ0) is 7.40. The molecule has 0 aromatic carbocycles. The predicted octanol–water partition coefficient (Wildman–Crippen LogP) is 1.66. The standard InChI is InChI=1S/C8H12O2/c1-2-3-4-7-5-6-8(9)10-7/h2-3,7H,4-6H2,1H3. The van der Waals surface area contributed by atoms with Crippen LogP contribution in [0.4, 0.5) is 0 Å². The number of carbonyl (C=O) groups is 1. The fourth-order valence-corrected chi connectivity index (χ4v) is 1.04. The highest BCUT2D eigenvalue weighted by molar-refractivity contribution is 5.71. The van der Waals surface area contributed by atoms with E-state index in [4.69, 9.17) is 4.74 Å². The number of allylic oxidation sites excluding steroid dienone is 1. The zero-order valence-electron chi connectivity index (χ0n) is 6.17. The van der Waals surface area contributed by atoms with Crippen LogP contribution in [0.5, 0.6) is 0 Å². The molecule has 1 fully saturated rings. The summed E-state index contributed by atoms with van der Waals surface area (Å²) in [4.78, 5) is 10.6. The summed E-state index contributed by atoms with van der Waals surface area (Å²) in [6.45, 7) is 1.97. The maximum atomic E-state index is 10.6. The van der Waals surface area contributed by atoms with Crippen molar-refractivity contribution in [2.45, 2.75) is 32.3 Å². The van der Waals surface area contributed by atoms with Crippen molar-refractivity contribution >= 4 is 5.97 Å². The number of hydrogen-bond donors (Lipinski definition) is 0. The Morgan fingerprint density at radius 3 is 3.10 bits per heavy atom. The van der Waals surface area contributed by atoms with Gasteiger partial charge < -0.3 is 4.74 Å². The lowest BCUT2D eigenvalue weighted by molar-refractivity contribution is -0.141. The molecule has 1 saturated heterocycles. The Kier molecular flexibility index (Phi) is 2.49. The second-order valence-electron chi connectivity index (χ2n) is 2.46. The topological polar surface area (TPSA) is 26.3 Å². The average molecular weight is 140 g/mol. The molecule has 0 N–H and O–H groups in total. The number of cyclic esters (lactones) is 1. The van der Waals surface area contributed by atoms with Crippen molar-refractivity contribution in [3.63, 3.8) is 0 Å². The van der Waals surface area contributed by atoms with Crippen molar-refractivity contribution in [3.8, 4) is 0 Å². The molecule has 2 heteroatoms. The van der Waals surface area contributed by atoms with E-state index in [1.165, 1.54) is 0 Å².